The van der Waals surface area contributed by atoms with E-state index in [2.05, 4.69) is 28.7 Å². The summed E-state index contributed by atoms with van der Waals surface area (Å²) in [6.45, 7) is 0. The predicted molar refractivity (Wildman–Crippen MR) is 78.3 cm³/mol. The first-order valence-electron chi connectivity index (χ1n) is 3.58. The highest BCUT2D eigenvalue weighted by Crippen LogP contribution is 2.31. The molecule has 1 aromatic carbocycles. The van der Waals surface area contributed by atoms with Gasteiger partial charge in [0.25, 0.3) is 0 Å². The molecule has 0 saturated carbocycles. The number of aryl methyl sites for hydroxylation is 1. The molecule has 1 aromatic rings. The first kappa shape index (κ1) is 12.1. The average Bonchev–Trinajstić information content (AvgIpc) is 2.18. The molecule has 72 valence electrons. The highest BCUT2D eigenvalue weighted by molar-refractivity contribution is 14.1. The molecule has 13 heavy (non-hydrogen) atoms. The summed E-state index contributed by atoms with van der Waals surface area (Å²) >= 11 is 6.07. The molecular weight excluding hydrogens is 509 g/mol. The smallest absolute Gasteiger partial charge is 0.192 e. The first-order chi connectivity index (χ1) is 6.31. The summed E-state index contributed by atoms with van der Waals surface area (Å²) in [4.78, 5) is 0. The SMILES string of the molecule is ICCc1ccc(OI)c(OI)c1. The lowest BCUT2D eigenvalue weighted by Crippen LogP contribution is -1.88. The summed E-state index contributed by atoms with van der Waals surface area (Å²) in [5, 5.41) is 0. The van der Waals surface area contributed by atoms with Crippen LogP contribution in [0.2, 0.25) is 0 Å². The summed E-state index contributed by atoms with van der Waals surface area (Å²) in [7, 11) is 0. The minimum atomic E-state index is 0.771. The van der Waals surface area contributed by atoms with Crippen molar-refractivity contribution in [3.05, 3.63) is 23.8 Å². The third kappa shape index (κ3) is 3.57. The van der Waals surface area contributed by atoms with E-state index in [0.29, 0.717) is 0 Å². The third-order valence-corrected chi connectivity index (χ3v) is 3.05. The Labute approximate surface area is 119 Å². The molecule has 0 heterocycles. The second-order valence-electron chi connectivity index (χ2n) is 2.37. The molecule has 2 nitrogen and oxygen atoms in total. The Balaban J connectivity index is 2.91. The molecule has 5 heteroatoms. The van der Waals surface area contributed by atoms with Gasteiger partial charge in [0.1, 0.15) is 0 Å². The summed E-state index contributed by atoms with van der Waals surface area (Å²) in [5.41, 5.74) is 1.28. The van der Waals surface area contributed by atoms with Crippen molar-refractivity contribution >= 4 is 68.6 Å². The van der Waals surface area contributed by atoms with Crippen LogP contribution in [0.5, 0.6) is 11.5 Å². The van der Waals surface area contributed by atoms with Crippen LogP contribution in [0.15, 0.2) is 18.2 Å². The van der Waals surface area contributed by atoms with Gasteiger partial charge in [0.15, 0.2) is 57.5 Å². The zero-order valence-corrected chi connectivity index (χ0v) is 13.1. The van der Waals surface area contributed by atoms with Gasteiger partial charge in [-0.3, -0.25) is 0 Å². The van der Waals surface area contributed by atoms with Crippen molar-refractivity contribution < 1.29 is 6.13 Å². The van der Waals surface area contributed by atoms with Gasteiger partial charge in [-0.25, -0.2) is 0 Å². The molecule has 0 spiro atoms. The molecule has 0 saturated heterocycles. The Morgan fingerprint density at radius 3 is 2.31 bits per heavy atom. The van der Waals surface area contributed by atoms with Crippen molar-refractivity contribution in [1.29, 1.82) is 0 Å². The van der Waals surface area contributed by atoms with E-state index in [1.165, 1.54) is 5.56 Å². The lowest BCUT2D eigenvalue weighted by molar-refractivity contribution is 0.634. The van der Waals surface area contributed by atoms with Gasteiger partial charge in [-0.2, -0.15) is 0 Å². The highest BCUT2D eigenvalue weighted by Gasteiger charge is 2.04. The lowest BCUT2D eigenvalue weighted by atomic mass is 10.1. The largest absolute Gasteiger partial charge is 0.424 e. The van der Waals surface area contributed by atoms with Gasteiger partial charge in [-0.05, 0) is 24.1 Å². The van der Waals surface area contributed by atoms with Crippen molar-refractivity contribution in [2.24, 2.45) is 0 Å². The first-order valence-corrected chi connectivity index (χ1v) is 6.86. The van der Waals surface area contributed by atoms with E-state index < -0.39 is 0 Å². The predicted octanol–water partition coefficient (Wildman–Crippen LogP) is 4.12. The van der Waals surface area contributed by atoms with Crippen LogP contribution < -0.4 is 6.13 Å². The molecule has 0 radical (unpaired) electrons. The number of halogens is 3. The molecule has 0 fully saturated rings. The number of benzene rings is 1. The summed E-state index contributed by atoms with van der Waals surface area (Å²) < 4.78 is 11.4. The fourth-order valence-electron chi connectivity index (χ4n) is 0.941. The van der Waals surface area contributed by atoms with Crippen LogP contribution >= 0.6 is 68.6 Å². The van der Waals surface area contributed by atoms with E-state index in [1.807, 2.05) is 58.1 Å². The van der Waals surface area contributed by atoms with Crippen LogP contribution in [0.25, 0.3) is 0 Å². The third-order valence-electron chi connectivity index (χ3n) is 1.56. The molecule has 0 amide bonds. The number of hydrogen-bond donors (Lipinski definition) is 0. The van der Waals surface area contributed by atoms with Crippen LogP contribution in [0.3, 0.4) is 0 Å². The van der Waals surface area contributed by atoms with Crippen molar-refractivity contribution in [1.82, 2.24) is 0 Å². The molecule has 0 bridgehead atoms. The quantitative estimate of drug-likeness (QED) is 0.444. The summed E-state index contributed by atoms with van der Waals surface area (Å²) in [6, 6.07) is 6.01. The number of alkyl halides is 1. The maximum Gasteiger partial charge on any atom is 0.192 e. The van der Waals surface area contributed by atoms with E-state index >= 15 is 0 Å². The van der Waals surface area contributed by atoms with E-state index in [0.717, 1.165) is 22.3 Å². The zero-order chi connectivity index (χ0) is 9.68. The Kier molecular flexibility index (Phi) is 6.03. The van der Waals surface area contributed by atoms with Crippen LogP contribution in [0.1, 0.15) is 5.56 Å². The number of rotatable bonds is 4. The Morgan fingerprint density at radius 1 is 1.08 bits per heavy atom. The van der Waals surface area contributed by atoms with Gasteiger partial charge in [0.05, 0.1) is 0 Å². The molecule has 1 rings (SSSR count). The number of hydrogen-bond acceptors (Lipinski definition) is 2. The fourth-order valence-corrected chi connectivity index (χ4v) is 2.27. The van der Waals surface area contributed by atoms with E-state index in [1.54, 1.807) is 0 Å². The maximum atomic E-state index is 5.16. The maximum absolute atomic E-state index is 5.16. The average molecular weight is 516 g/mol. The molecule has 0 aromatic heterocycles. The normalized spacial score (nSPS) is 9.77. The molecule has 0 N–H and O–H groups in total. The standard InChI is InChI=1S/C8H7I3O2/c9-4-3-6-1-2-7(12-10)8(5-6)13-11/h1-2,5H,3-4H2. The van der Waals surface area contributed by atoms with Gasteiger partial charge in [0, 0.05) is 4.43 Å². The Morgan fingerprint density at radius 2 is 1.77 bits per heavy atom. The van der Waals surface area contributed by atoms with Gasteiger partial charge in [-0.15, -0.1) is 0 Å². The monoisotopic (exact) mass is 516 g/mol. The van der Waals surface area contributed by atoms with Crippen LogP contribution in [0, 0.1) is 0 Å². The second-order valence-corrected chi connectivity index (χ2v) is 4.33. The minimum absolute atomic E-state index is 0.771. The van der Waals surface area contributed by atoms with Crippen LogP contribution in [0.4, 0.5) is 0 Å². The Bertz CT molecular complexity index is 278. The van der Waals surface area contributed by atoms with Crippen LogP contribution in [-0.2, 0) is 6.42 Å². The Hall–Kier alpha value is 1.01. The van der Waals surface area contributed by atoms with Crippen molar-refractivity contribution in [3.63, 3.8) is 0 Å². The molecule has 0 atom stereocenters. The van der Waals surface area contributed by atoms with E-state index in [4.69, 9.17) is 6.13 Å². The summed E-state index contributed by atoms with van der Waals surface area (Å²) in [6.07, 6.45) is 1.06. The van der Waals surface area contributed by atoms with Crippen LogP contribution in [-0.4, -0.2) is 4.43 Å². The van der Waals surface area contributed by atoms with E-state index in [9.17, 15) is 0 Å². The van der Waals surface area contributed by atoms with Crippen molar-refractivity contribution in [2.45, 2.75) is 6.42 Å². The molecule has 0 aliphatic rings. The van der Waals surface area contributed by atoms with Gasteiger partial charge < -0.3 is 6.13 Å². The van der Waals surface area contributed by atoms with Gasteiger partial charge in [-0.1, -0.05) is 28.7 Å². The van der Waals surface area contributed by atoms with Crippen molar-refractivity contribution in [3.8, 4) is 11.5 Å². The molecular formula is C8H7I3O2. The highest BCUT2D eigenvalue weighted by atomic mass is 127. The van der Waals surface area contributed by atoms with Gasteiger partial charge in [0.2, 0.25) is 0 Å². The zero-order valence-electron chi connectivity index (χ0n) is 6.60. The topological polar surface area (TPSA) is 18.5 Å². The fraction of sp³-hybridized carbons (Fsp3) is 0.250. The molecule has 0 unspecified atom stereocenters. The van der Waals surface area contributed by atoms with Crippen molar-refractivity contribution in [2.75, 3.05) is 4.43 Å². The summed E-state index contributed by atoms with van der Waals surface area (Å²) in [5.74, 6) is 1.56. The lowest BCUT2D eigenvalue weighted by Gasteiger charge is -2.05. The molecule has 0 aliphatic heterocycles. The van der Waals surface area contributed by atoms with E-state index in [-0.39, 0.29) is 0 Å². The van der Waals surface area contributed by atoms with Gasteiger partial charge >= 0.3 is 0 Å². The second kappa shape index (κ2) is 6.49. The molecule has 0 aliphatic carbocycles. The minimum Gasteiger partial charge on any atom is -0.424 e.